The second-order valence-corrected chi connectivity index (χ2v) is 5.86. The molecule has 0 heterocycles. The Morgan fingerprint density at radius 3 is 2.41 bits per heavy atom. The molecule has 0 saturated heterocycles. The quantitative estimate of drug-likeness (QED) is 0.910. The second kappa shape index (κ2) is 5.81. The minimum absolute atomic E-state index is 0.127. The van der Waals surface area contributed by atoms with Gasteiger partial charge in [0.1, 0.15) is 0 Å². The molecule has 1 saturated carbocycles. The number of carbonyl (C=O) groups is 2. The zero-order chi connectivity index (χ0) is 15.7. The third-order valence-electron chi connectivity index (χ3n) is 3.82. The molecule has 0 spiro atoms. The summed E-state index contributed by atoms with van der Waals surface area (Å²) in [5.41, 5.74) is 7.22. The Morgan fingerprint density at radius 2 is 1.77 bits per heavy atom. The van der Waals surface area contributed by atoms with Crippen LogP contribution in [0.5, 0.6) is 0 Å². The number of nitrogens with two attached hydrogens (primary N) is 1. The highest BCUT2D eigenvalue weighted by molar-refractivity contribution is 6.30. The van der Waals surface area contributed by atoms with Gasteiger partial charge in [-0.1, -0.05) is 23.7 Å². The number of benzene rings is 2. The number of primary amides is 1. The van der Waals surface area contributed by atoms with Crippen molar-refractivity contribution in [1.82, 2.24) is 5.32 Å². The largest absolute Gasteiger partial charge is 0.366 e. The van der Waals surface area contributed by atoms with Gasteiger partial charge in [0, 0.05) is 28.1 Å². The van der Waals surface area contributed by atoms with Crippen molar-refractivity contribution in [3.63, 3.8) is 0 Å². The van der Waals surface area contributed by atoms with Gasteiger partial charge in [0.25, 0.3) is 5.91 Å². The van der Waals surface area contributed by atoms with Crippen molar-refractivity contribution in [2.75, 3.05) is 0 Å². The molecule has 3 N–H and O–H groups in total. The van der Waals surface area contributed by atoms with Crippen molar-refractivity contribution < 1.29 is 9.59 Å². The molecule has 1 aliphatic rings. The van der Waals surface area contributed by atoms with Crippen LogP contribution in [0, 0.1) is 0 Å². The van der Waals surface area contributed by atoms with Crippen LogP contribution in [-0.4, -0.2) is 17.9 Å². The molecule has 22 heavy (non-hydrogen) atoms. The Kier molecular flexibility index (Phi) is 3.86. The molecule has 0 radical (unpaired) electrons. The summed E-state index contributed by atoms with van der Waals surface area (Å²) in [7, 11) is 0. The summed E-state index contributed by atoms with van der Waals surface area (Å²) in [5.74, 6) is -0.340. The Morgan fingerprint density at radius 1 is 1.09 bits per heavy atom. The van der Waals surface area contributed by atoms with E-state index in [-0.39, 0.29) is 11.9 Å². The van der Waals surface area contributed by atoms with Gasteiger partial charge in [0.15, 0.2) is 0 Å². The highest BCUT2D eigenvalue weighted by Gasteiger charge is 2.39. The number of amides is 2. The van der Waals surface area contributed by atoms with Gasteiger partial charge in [-0.05, 0) is 48.4 Å². The molecule has 0 bridgehead atoms. The average Bonchev–Trinajstić information content (AvgIpc) is 3.26. The van der Waals surface area contributed by atoms with Gasteiger partial charge in [0.2, 0.25) is 5.91 Å². The number of rotatable bonds is 4. The summed E-state index contributed by atoms with van der Waals surface area (Å²) >= 11 is 5.98. The van der Waals surface area contributed by atoms with Crippen LogP contribution >= 0.6 is 11.6 Å². The van der Waals surface area contributed by atoms with Gasteiger partial charge in [-0.3, -0.25) is 9.59 Å². The van der Waals surface area contributed by atoms with Crippen molar-refractivity contribution in [3.8, 4) is 0 Å². The molecule has 5 heteroatoms. The summed E-state index contributed by atoms with van der Waals surface area (Å²) in [4.78, 5) is 23.2. The standard InChI is InChI=1S/C17H15ClN2O2/c18-13-3-1-2-12(8-13)14-9-15(14)20-17(22)11-6-4-10(5-7-11)16(19)21/h1-8,14-15H,9H2,(H2,19,21)(H,20,22)/t14-,15+/m0/s1. The van der Waals surface area contributed by atoms with Crippen LogP contribution in [0.1, 0.15) is 38.6 Å². The number of hydrogen-bond acceptors (Lipinski definition) is 2. The SMILES string of the molecule is NC(=O)c1ccc(C(=O)N[C@@H]2C[C@H]2c2cccc(Cl)c2)cc1. The van der Waals surface area contributed by atoms with E-state index in [1.54, 1.807) is 24.3 Å². The van der Waals surface area contributed by atoms with Gasteiger partial charge in [-0.25, -0.2) is 0 Å². The van der Waals surface area contributed by atoms with Gasteiger partial charge < -0.3 is 11.1 Å². The van der Waals surface area contributed by atoms with Crippen molar-refractivity contribution in [2.45, 2.75) is 18.4 Å². The first-order chi connectivity index (χ1) is 10.5. The first-order valence-electron chi connectivity index (χ1n) is 7.01. The topological polar surface area (TPSA) is 72.2 Å². The summed E-state index contributed by atoms with van der Waals surface area (Å²) < 4.78 is 0. The summed E-state index contributed by atoms with van der Waals surface area (Å²) in [5, 5.41) is 3.69. The van der Waals surface area contributed by atoms with E-state index in [0.29, 0.717) is 22.1 Å². The molecule has 2 amide bonds. The lowest BCUT2D eigenvalue weighted by molar-refractivity contribution is 0.0947. The first-order valence-corrected chi connectivity index (χ1v) is 7.38. The van der Waals surface area contributed by atoms with E-state index in [2.05, 4.69) is 5.32 Å². The van der Waals surface area contributed by atoms with Crippen molar-refractivity contribution in [2.24, 2.45) is 5.73 Å². The maximum absolute atomic E-state index is 12.2. The van der Waals surface area contributed by atoms with Crippen LogP contribution in [0.15, 0.2) is 48.5 Å². The van der Waals surface area contributed by atoms with Gasteiger partial charge in [-0.15, -0.1) is 0 Å². The molecule has 0 aromatic heterocycles. The monoisotopic (exact) mass is 314 g/mol. The zero-order valence-corrected chi connectivity index (χ0v) is 12.5. The molecule has 1 fully saturated rings. The zero-order valence-electron chi connectivity index (χ0n) is 11.8. The molecule has 3 rings (SSSR count). The van der Waals surface area contributed by atoms with Crippen LogP contribution in [0.4, 0.5) is 0 Å². The molecule has 2 atom stereocenters. The summed E-state index contributed by atoms with van der Waals surface area (Å²) in [6.07, 6.45) is 0.908. The molecule has 112 valence electrons. The van der Waals surface area contributed by atoms with Crippen molar-refractivity contribution in [1.29, 1.82) is 0 Å². The normalized spacial score (nSPS) is 19.5. The Labute approximate surface area is 133 Å². The van der Waals surface area contributed by atoms with Crippen LogP contribution in [0.3, 0.4) is 0 Å². The van der Waals surface area contributed by atoms with E-state index in [9.17, 15) is 9.59 Å². The predicted octanol–water partition coefficient (Wildman–Crippen LogP) is 2.72. The first kappa shape index (κ1) is 14.6. The molecule has 0 unspecified atom stereocenters. The lowest BCUT2D eigenvalue weighted by atomic mass is 10.1. The maximum Gasteiger partial charge on any atom is 0.251 e. The van der Waals surface area contributed by atoms with Crippen LogP contribution in [0.25, 0.3) is 0 Å². The van der Waals surface area contributed by atoms with Crippen LogP contribution in [0.2, 0.25) is 5.02 Å². The lowest BCUT2D eigenvalue weighted by Gasteiger charge is -2.06. The smallest absolute Gasteiger partial charge is 0.251 e. The summed E-state index contributed by atoms with van der Waals surface area (Å²) in [6.45, 7) is 0. The minimum Gasteiger partial charge on any atom is -0.366 e. The van der Waals surface area contributed by atoms with E-state index in [1.807, 2.05) is 24.3 Å². The lowest BCUT2D eigenvalue weighted by Crippen LogP contribution is -2.26. The average molecular weight is 315 g/mol. The van der Waals surface area contributed by atoms with Crippen molar-refractivity contribution >= 4 is 23.4 Å². The highest BCUT2D eigenvalue weighted by Crippen LogP contribution is 2.41. The minimum atomic E-state index is -0.504. The van der Waals surface area contributed by atoms with Crippen LogP contribution in [-0.2, 0) is 0 Å². The third-order valence-corrected chi connectivity index (χ3v) is 4.05. The molecule has 1 aliphatic carbocycles. The Balaban J connectivity index is 1.62. The van der Waals surface area contributed by atoms with Crippen LogP contribution < -0.4 is 11.1 Å². The Hall–Kier alpha value is -2.33. The van der Waals surface area contributed by atoms with Gasteiger partial charge in [0.05, 0.1) is 0 Å². The Bertz CT molecular complexity index is 728. The highest BCUT2D eigenvalue weighted by atomic mass is 35.5. The summed E-state index contributed by atoms with van der Waals surface area (Å²) in [6, 6.07) is 14.1. The molecule has 2 aromatic rings. The van der Waals surface area contributed by atoms with Gasteiger partial charge in [-0.2, -0.15) is 0 Å². The second-order valence-electron chi connectivity index (χ2n) is 5.42. The third kappa shape index (κ3) is 3.12. The molecule has 2 aromatic carbocycles. The fraction of sp³-hybridized carbons (Fsp3) is 0.176. The molecule has 0 aliphatic heterocycles. The number of halogens is 1. The number of carbonyl (C=O) groups excluding carboxylic acids is 2. The van der Waals surface area contributed by atoms with E-state index >= 15 is 0 Å². The molecular weight excluding hydrogens is 300 g/mol. The number of nitrogens with one attached hydrogen (secondary N) is 1. The van der Waals surface area contributed by atoms with E-state index in [0.717, 1.165) is 12.0 Å². The van der Waals surface area contributed by atoms with E-state index in [1.165, 1.54) is 0 Å². The fourth-order valence-corrected chi connectivity index (χ4v) is 2.70. The molecular formula is C17H15ClN2O2. The maximum atomic E-state index is 12.2. The predicted molar refractivity (Wildman–Crippen MR) is 85.0 cm³/mol. The van der Waals surface area contributed by atoms with E-state index in [4.69, 9.17) is 17.3 Å². The number of hydrogen-bond donors (Lipinski definition) is 2. The van der Waals surface area contributed by atoms with Gasteiger partial charge >= 0.3 is 0 Å². The molecule has 4 nitrogen and oxygen atoms in total. The van der Waals surface area contributed by atoms with E-state index < -0.39 is 5.91 Å². The van der Waals surface area contributed by atoms with Crippen molar-refractivity contribution in [3.05, 3.63) is 70.2 Å². The fourth-order valence-electron chi connectivity index (χ4n) is 2.50.